The highest BCUT2D eigenvalue weighted by Gasteiger charge is 2.32. The summed E-state index contributed by atoms with van der Waals surface area (Å²) in [5.74, 6) is 0.686. The van der Waals surface area contributed by atoms with Gasteiger partial charge in [0.05, 0.1) is 13.2 Å². The number of hydrogen-bond acceptors (Lipinski definition) is 4. The number of carbonyl (C=O) groups excluding carboxylic acids is 2. The first-order valence-corrected chi connectivity index (χ1v) is 9.14. The summed E-state index contributed by atoms with van der Waals surface area (Å²) in [6, 6.07) is 7.20. The molecule has 1 aromatic carbocycles. The number of likely N-dealkylation sites (tertiary alicyclic amines) is 1. The Morgan fingerprint density at radius 1 is 0.960 bits per heavy atom. The van der Waals surface area contributed by atoms with Crippen LogP contribution in [0.4, 0.5) is 5.69 Å². The normalized spacial score (nSPS) is 22.2. The summed E-state index contributed by atoms with van der Waals surface area (Å²) in [4.78, 5) is 26.3. The molecule has 6 heteroatoms. The highest BCUT2D eigenvalue weighted by molar-refractivity contribution is 5.96. The number of rotatable bonds is 4. The van der Waals surface area contributed by atoms with Crippen LogP contribution in [0.15, 0.2) is 24.3 Å². The van der Waals surface area contributed by atoms with E-state index in [9.17, 15) is 9.59 Å². The molecule has 0 aromatic heterocycles. The van der Waals surface area contributed by atoms with E-state index in [1.807, 2.05) is 4.90 Å². The van der Waals surface area contributed by atoms with Crippen molar-refractivity contribution in [3.8, 4) is 0 Å². The molecule has 0 bridgehead atoms. The van der Waals surface area contributed by atoms with Gasteiger partial charge in [0.2, 0.25) is 5.91 Å². The fraction of sp³-hybridized carbons (Fsp3) is 0.579. The molecule has 2 heterocycles. The predicted molar refractivity (Wildman–Crippen MR) is 92.1 cm³/mol. The maximum absolute atomic E-state index is 12.7. The van der Waals surface area contributed by atoms with E-state index in [1.54, 1.807) is 24.3 Å². The molecule has 0 spiro atoms. The second-order valence-electron chi connectivity index (χ2n) is 7.08. The van der Waals surface area contributed by atoms with Crippen LogP contribution < -0.4 is 5.32 Å². The number of benzene rings is 1. The van der Waals surface area contributed by atoms with Crippen LogP contribution in [-0.2, 0) is 14.3 Å². The fourth-order valence-electron chi connectivity index (χ4n) is 3.49. The second kappa shape index (κ2) is 7.14. The van der Waals surface area contributed by atoms with Gasteiger partial charge in [0.1, 0.15) is 0 Å². The van der Waals surface area contributed by atoms with Gasteiger partial charge in [-0.25, -0.2) is 0 Å². The van der Waals surface area contributed by atoms with Crippen molar-refractivity contribution in [3.63, 3.8) is 0 Å². The van der Waals surface area contributed by atoms with Gasteiger partial charge in [-0.15, -0.1) is 0 Å². The minimum Gasteiger partial charge on any atom is -0.350 e. The van der Waals surface area contributed by atoms with E-state index < -0.39 is 0 Å². The van der Waals surface area contributed by atoms with Crippen LogP contribution in [0.2, 0.25) is 0 Å². The highest BCUT2D eigenvalue weighted by atomic mass is 16.7. The summed E-state index contributed by atoms with van der Waals surface area (Å²) in [6.07, 6.45) is 3.69. The average molecular weight is 344 g/mol. The first-order chi connectivity index (χ1) is 12.2. The third-order valence-electron chi connectivity index (χ3n) is 5.21. The van der Waals surface area contributed by atoms with Crippen molar-refractivity contribution < 1.29 is 19.1 Å². The predicted octanol–water partition coefficient (Wildman–Crippen LogP) is 2.26. The van der Waals surface area contributed by atoms with E-state index in [2.05, 4.69) is 5.32 Å². The lowest BCUT2D eigenvalue weighted by Gasteiger charge is -2.33. The monoisotopic (exact) mass is 344 g/mol. The molecule has 2 amide bonds. The Kier molecular flexibility index (Phi) is 4.72. The third kappa shape index (κ3) is 3.85. The van der Waals surface area contributed by atoms with Gasteiger partial charge in [0.25, 0.3) is 5.91 Å². The average Bonchev–Trinajstić information content (AvgIpc) is 3.37. The lowest BCUT2D eigenvalue weighted by atomic mass is 9.95. The smallest absolute Gasteiger partial charge is 0.253 e. The van der Waals surface area contributed by atoms with E-state index in [-0.39, 0.29) is 24.0 Å². The number of piperidine rings is 1. The minimum atomic E-state index is -0.0911. The topological polar surface area (TPSA) is 67.9 Å². The van der Waals surface area contributed by atoms with E-state index in [4.69, 9.17) is 9.47 Å². The molecule has 0 radical (unpaired) electrons. The largest absolute Gasteiger partial charge is 0.350 e. The highest BCUT2D eigenvalue weighted by Crippen LogP contribution is 2.30. The van der Waals surface area contributed by atoms with Crippen LogP contribution >= 0.6 is 0 Å². The van der Waals surface area contributed by atoms with Gasteiger partial charge in [-0.2, -0.15) is 0 Å². The molecule has 134 valence electrons. The van der Waals surface area contributed by atoms with Gasteiger partial charge in [-0.05, 0) is 49.9 Å². The van der Waals surface area contributed by atoms with Crippen LogP contribution in [0.5, 0.6) is 0 Å². The van der Waals surface area contributed by atoms with Crippen LogP contribution in [0.25, 0.3) is 0 Å². The Balaban J connectivity index is 1.30. The molecule has 0 atom stereocenters. The summed E-state index contributed by atoms with van der Waals surface area (Å²) in [5.41, 5.74) is 1.42. The zero-order valence-corrected chi connectivity index (χ0v) is 14.3. The summed E-state index contributed by atoms with van der Waals surface area (Å²) in [7, 11) is 0. The molecule has 6 nitrogen and oxygen atoms in total. The van der Waals surface area contributed by atoms with Crippen LogP contribution in [0.1, 0.15) is 36.0 Å². The molecular formula is C19H24N2O4. The van der Waals surface area contributed by atoms with E-state index in [0.717, 1.165) is 44.5 Å². The number of anilines is 1. The maximum Gasteiger partial charge on any atom is 0.253 e. The molecule has 2 saturated heterocycles. The van der Waals surface area contributed by atoms with Gasteiger partial charge in [0.15, 0.2) is 6.29 Å². The molecule has 0 unspecified atom stereocenters. The van der Waals surface area contributed by atoms with Gasteiger partial charge >= 0.3 is 0 Å². The van der Waals surface area contributed by atoms with Gasteiger partial charge < -0.3 is 19.7 Å². The fourth-order valence-corrected chi connectivity index (χ4v) is 3.49. The summed E-state index contributed by atoms with van der Waals surface area (Å²) < 4.78 is 11.2. The van der Waals surface area contributed by atoms with E-state index in [0.29, 0.717) is 24.7 Å². The molecule has 25 heavy (non-hydrogen) atoms. The van der Waals surface area contributed by atoms with Crippen molar-refractivity contribution in [1.29, 1.82) is 0 Å². The molecule has 3 fully saturated rings. The lowest BCUT2D eigenvalue weighted by molar-refractivity contribution is -0.117. The molecule has 1 aromatic rings. The Hall–Kier alpha value is -1.92. The van der Waals surface area contributed by atoms with Crippen molar-refractivity contribution in [2.75, 3.05) is 31.6 Å². The van der Waals surface area contributed by atoms with Gasteiger partial charge in [-0.1, -0.05) is 0 Å². The quantitative estimate of drug-likeness (QED) is 0.910. The van der Waals surface area contributed by atoms with E-state index >= 15 is 0 Å². The Morgan fingerprint density at radius 2 is 1.60 bits per heavy atom. The zero-order valence-electron chi connectivity index (χ0n) is 14.3. The molecule has 1 N–H and O–H groups in total. The minimum absolute atomic E-state index is 0.0479. The number of nitrogens with zero attached hydrogens (tertiary/aromatic N) is 1. The number of amides is 2. The van der Waals surface area contributed by atoms with Gasteiger partial charge in [-0.3, -0.25) is 9.59 Å². The maximum atomic E-state index is 12.7. The Labute approximate surface area is 147 Å². The molecule has 3 aliphatic rings. The van der Waals surface area contributed by atoms with Crippen molar-refractivity contribution >= 4 is 17.5 Å². The molecular weight excluding hydrogens is 320 g/mol. The van der Waals surface area contributed by atoms with E-state index in [1.165, 1.54) is 0 Å². The summed E-state index contributed by atoms with van der Waals surface area (Å²) in [6.45, 7) is 2.81. The number of nitrogens with one attached hydrogen (secondary N) is 1. The molecule has 1 saturated carbocycles. The SMILES string of the molecule is O=C(Nc1ccc(C(=O)N2CCC(C3OCCO3)CC2)cc1)C1CC1. The van der Waals surface area contributed by atoms with Crippen LogP contribution in [0, 0.1) is 11.8 Å². The lowest BCUT2D eigenvalue weighted by Crippen LogP contribution is -2.41. The summed E-state index contributed by atoms with van der Waals surface area (Å²) in [5, 5.41) is 2.89. The van der Waals surface area contributed by atoms with Crippen LogP contribution in [-0.4, -0.2) is 49.3 Å². The second-order valence-corrected chi connectivity index (χ2v) is 7.08. The Bertz CT molecular complexity index is 627. The number of hydrogen-bond donors (Lipinski definition) is 1. The first kappa shape index (κ1) is 16.5. The Morgan fingerprint density at radius 3 is 2.20 bits per heavy atom. The van der Waals surface area contributed by atoms with Crippen molar-refractivity contribution in [3.05, 3.63) is 29.8 Å². The van der Waals surface area contributed by atoms with Crippen molar-refractivity contribution in [1.82, 2.24) is 4.90 Å². The van der Waals surface area contributed by atoms with Crippen molar-refractivity contribution in [2.24, 2.45) is 11.8 Å². The standard InChI is InChI=1S/C19H24N2O4/c22-17(13-1-2-13)20-16-5-3-14(4-6-16)18(23)21-9-7-15(8-10-21)19-24-11-12-25-19/h3-6,13,15,19H,1-2,7-12H2,(H,20,22). The number of ether oxygens (including phenoxy) is 2. The molecule has 4 rings (SSSR count). The molecule has 1 aliphatic carbocycles. The van der Waals surface area contributed by atoms with Gasteiger partial charge in [0, 0.05) is 36.2 Å². The summed E-state index contributed by atoms with van der Waals surface area (Å²) >= 11 is 0. The first-order valence-electron chi connectivity index (χ1n) is 9.14. The number of carbonyl (C=O) groups is 2. The molecule has 2 aliphatic heterocycles. The zero-order chi connectivity index (χ0) is 17.2. The third-order valence-corrected chi connectivity index (χ3v) is 5.21. The van der Waals surface area contributed by atoms with Crippen molar-refractivity contribution in [2.45, 2.75) is 32.0 Å². The van der Waals surface area contributed by atoms with Crippen LogP contribution in [0.3, 0.4) is 0 Å².